The largest absolute Gasteiger partial charge is 0.351 e. The first-order valence-corrected chi connectivity index (χ1v) is 7.85. The summed E-state index contributed by atoms with van der Waals surface area (Å²) in [5.41, 5.74) is 2.09. The average molecular weight is 285 g/mol. The molecule has 0 saturated heterocycles. The van der Waals surface area contributed by atoms with Crippen molar-refractivity contribution in [2.75, 3.05) is 5.32 Å². The molecule has 1 saturated carbocycles. The van der Waals surface area contributed by atoms with Gasteiger partial charge in [-0.05, 0) is 32.8 Å². The molecule has 1 aliphatic rings. The van der Waals surface area contributed by atoms with Gasteiger partial charge >= 0.3 is 0 Å². The number of aromatic nitrogens is 4. The minimum Gasteiger partial charge on any atom is -0.351 e. The van der Waals surface area contributed by atoms with Crippen LogP contribution < -0.4 is 5.32 Å². The Morgan fingerprint density at radius 3 is 2.57 bits per heavy atom. The van der Waals surface area contributed by atoms with Crippen LogP contribution in [-0.2, 0) is 0 Å². The second-order valence-corrected chi connectivity index (χ2v) is 5.91. The lowest BCUT2D eigenvalue weighted by Gasteiger charge is -2.16. The molecule has 0 radical (unpaired) electrons. The smallest absolute Gasteiger partial charge is 0.224 e. The van der Waals surface area contributed by atoms with Gasteiger partial charge in [-0.1, -0.05) is 25.7 Å². The van der Waals surface area contributed by atoms with Gasteiger partial charge in [-0.3, -0.25) is 0 Å². The van der Waals surface area contributed by atoms with Crippen molar-refractivity contribution in [3.05, 3.63) is 29.7 Å². The Morgan fingerprint density at radius 2 is 1.90 bits per heavy atom. The molecule has 2 aromatic rings. The Bertz CT molecular complexity index is 596. The van der Waals surface area contributed by atoms with Crippen molar-refractivity contribution in [1.82, 2.24) is 19.7 Å². The number of nitrogens with one attached hydrogen (secondary N) is 1. The number of hydrogen-bond donors (Lipinski definition) is 1. The maximum atomic E-state index is 4.62. The van der Waals surface area contributed by atoms with Crippen LogP contribution in [0.25, 0.3) is 5.82 Å². The van der Waals surface area contributed by atoms with Crippen LogP contribution in [0.4, 0.5) is 5.95 Å². The maximum Gasteiger partial charge on any atom is 0.224 e. The Morgan fingerprint density at radius 1 is 1.14 bits per heavy atom. The van der Waals surface area contributed by atoms with E-state index in [1.165, 1.54) is 38.5 Å². The molecule has 0 spiro atoms. The summed E-state index contributed by atoms with van der Waals surface area (Å²) in [5.74, 6) is 1.54. The molecule has 1 N–H and O–H groups in total. The van der Waals surface area contributed by atoms with Crippen molar-refractivity contribution in [2.24, 2.45) is 0 Å². The topological polar surface area (TPSA) is 55.6 Å². The van der Waals surface area contributed by atoms with E-state index in [9.17, 15) is 0 Å². The number of nitrogens with zero attached hydrogens (tertiary/aromatic N) is 4. The Labute approximate surface area is 125 Å². The SMILES string of the molecule is Cc1cc(C)n(-c2ccnc(NC3CCCCCC3)n2)n1. The monoisotopic (exact) mass is 285 g/mol. The van der Waals surface area contributed by atoms with Gasteiger partial charge in [0.25, 0.3) is 0 Å². The summed E-state index contributed by atoms with van der Waals surface area (Å²) in [5, 5.41) is 7.98. The van der Waals surface area contributed by atoms with E-state index in [2.05, 4.69) is 26.4 Å². The van der Waals surface area contributed by atoms with Crippen LogP contribution in [0.15, 0.2) is 18.3 Å². The molecular formula is C16H23N5. The molecule has 0 aromatic carbocycles. The van der Waals surface area contributed by atoms with Crippen LogP contribution in [0.1, 0.15) is 49.9 Å². The predicted molar refractivity (Wildman–Crippen MR) is 83.7 cm³/mol. The molecule has 0 atom stereocenters. The minimum absolute atomic E-state index is 0.503. The van der Waals surface area contributed by atoms with Crippen LogP contribution in [0.3, 0.4) is 0 Å². The molecule has 0 amide bonds. The molecule has 2 heterocycles. The third-order valence-electron chi connectivity index (χ3n) is 4.06. The lowest BCUT2D eigenvalue weighted by atomic mass is 10.1. The third-order valence-corrected chi connectivity index (χ3v) is 4.06. The third kappa shape index (κ3) is 3.40. The molecule has 3 rings (SSSR count). The first-order valence-electron chi connectivity index (χ1n) is 7.85. The first-order chi connectivity index (χ1) is 10.2. The fourth-order valence-electron chi connectivity index (χ4n) is 3.00. The zero-order valence-electron chi connectivity index (χ0n) is 12.8. The summed E-state index contributed by atoms with van der Waals surface area (Å²) in [6.45, 7) is 4.04. The van der Waals surface area contributed by atoms with Gasteiger partial charge in [0.05, 0.1) is 5.69 Å². The van der Waals surface area contributed by atoms with Gasteiger partial charge in [-0.15, -0.1) is 0 Å². The van der Waals surface area contributed by atoms with Crippen molar-refractivity contribution < 1.29 is 0 Å². The Hall–Kier alpha value is -1.91. The van der Waals surface area contributed by atoms with Gasteiger partial charge in [0.2, 0.25) is 5.95 Å². The second kappa shape index (κ2) is 6.24. The highest BCUT2D eigenvalue weighted by Crippen LogP contribution is 2.20. The van der Waals surface area contributed by atoms with Crippen LogP contribution >= 0.6 is 0 Å². The van der Waals surface area contributed by atoms with Gasteiger partial charge in [0, 0.05) is 24.0 Å². The molecule has 0 aliphatic heterocycles. The quantitative estimate of drug-likeness (QED) is 0.878. The number of anilines is 1. The van der Waals surface area contributed by atoms with E-state index in [1.54, 1.807) is 6.20 Å². The molecule has 5 nitrogen and oxygen atoms in total. The van der Waals surface area contributed by atoms with Gasteiger partial charge in [-0.2, -0.15) is 10.1 Å². The second-order valence-electron chi connectivity index (χ2n) is 5.91. The molecule has 5 heteroatoms. The number of aryl methyl sites for hydroxylation is 2. The number of hydrogen-bond acceptors (Lipinski definition) is 4. The molecule has 0 unspecified atom stereocenters. The van der Waals surface area contributed by atoms with Crippen LogP contribution in [0.5, 0.6) is 0 Å². The molecule has 112 valence electrons. The highest BCUT2D eigenvalue weighted by Gasteiger charge is 2.14. The zero-order chi connectivity index (χ0) is 14.7. The van der Waals surface area contributed by atoms with Crippen molar-refractivity contribution in [1.29, 1.82) is 0 Å². The van der Waals surface area contributed by atoms with Gasteiger partial charge in [0.15, 0.2) is 5.82 Å². The van der Waals surface area contributed by atoms with Crippen molar-refractivity contribution in [2.45, 2.75) is 58.4 Å². The Kier molecular flexibility index (Phi) is 4.18. The van der Waals surface area contributed by atoms with Crippen molar-refractivity contribution in [3.63, 3.8) is 0 Å². The fraction of sp³-hybridized carbons (Fsp3) is 0.562. The molecule has 0 bridgehead atoms. The van der Waals surface area contributed by atoms with E-state index in [0.29, 0.717) is 12.0 Å². The minimum atomic E-state index is 0.503. The molecule has 1 fully saturated rings. The summed E-state index contributed by atoms with van der Waals surface area (Å²) in [6.07, 6.45) is 9.54. The fourth-order valence-corrected chi connectivity index (χ4v) is 3.00. The average Bonchev–Trinajstić information content (AvgIpc) is 2.66. The molecule has 21 heavy (non-hydrogen) atoms. The van der Waals surface area contributed by atoms with Gasteiger partial charge < -0.3 is 5.32 Å². The van der Waals surface area contributed by atoms with Crippen LogP contribution in [0.2, 0.25) is 0 Å². The van der Waals surface area contributed by atoms with Crippen molar-refractivity contribution in [3.8, 4) is 5.82 Å². The maximum absolute atomic E-state index is 4.62. The van der Waals surface area contributed by atoms with Gasteiger partial charge in [-0.25, -0.2) is 9.67 Å². The normalized spacial score (nSPS) is 16.7. The summed E-state index contributed by atoms with van der Waals surface area (Å²) in [4.78, 5) is 8.98. The van der Waals surface area contributed by atoms with E-state index in [0.717, 1.165) is 17.2 Å². The zero-order valence-corrected chi connectivity index (χ0v) is 12.8. The number of rotatable bonds is 3. The molecule has 1 aliphatic carbocycles. The van der Waals surface area contributed by atoms with Crippen LogP contribution in [-0.4, -0.2) is 25.8 Å². The van der Waals surface area contributed by atoms with E-state index in [-0.39, 0.29) is 0 Å². The first kappa shape index (κ1) is 14.0. The summed E-state index contributed by atoms with van der Waals surface area (Å²) in [6, 6.07) is 4.46. The van der Waals surface area contributed by atoms with Crippen LogP contribution in [0, 0.1) is 13.8 Å². The van der Waals surface area contributed by atoms with E-state index < -0.39 is 0 Å². The standard InChI is InChI=1S/C16H23N5/c1-12-11-13(2)21(20-12)15-9-10-17-16(19-15)18-14-7-5-3-4-6-8-14/h9-11,14H,3-8H2,1-2H3,(H,17,18,19). The highest BCUT2D eigenvalue weighted by atomic mass is 15.3. The van der Waals surface area contributed by atoms with Crippen molar-refractivity contribution >= 4 is 5.95 Å². The summed E-state index contributed by atoms with van der Waals surface area (Å²) >= 11 is 0. The summed E-state index contributed by atoms with van der Waals surface area (Å²) in [7, 11) is 0. The lowest BCUT2D eigenvalue weighted by Crippen LogP contribution is -2.20. The molecule has 2 aromatic heterocycles. The highest BCUT2D eigenvalue weighted by molar-refractivity contribution is 5.33. The molecular weight excluding hydrogens is 262 g/mol. The summed E-state index contributed by atoms with van der Waals surface area (Å²) < 4.78 is 1.87. The Balaban J connectivity index is 1.78. The van der Waals surface area contributed by atoms with Gasteiger partial charge in [0.1, 0.15) is 0 Å². The lowest BCUT2D eigenvalue weighted by molar-refractivity contribution is 0.614. The van der Waals surface area contributed by atoms with E-state index >= 15 is 0 Å². The van der Waals surface area contributed by atoms with E-state index in [4.69, 9.17) is 0 Å². The predicted octanol–water partition coefficient (Wildman–Crippen LogP) is 3.41. The van der Waals surface area contributed by atoms with E-state index in [1.807, 2.05) is 24.6 Å².